The zero-order chi connectivity index (χ0) is 16.5. The van der Waals surface area contributed by atoms with Crippen LogP contribution < -0.4 is 16.0 Å². The molecular weight excluding hydrogens is 308 g/mol. The molecular formula is C17H26N4OS. The normalized spacial score (nSPS) is 19.8. The average molecular weight is 334 g/mol. The van der Waals surface area contributed by atoms with E-state index in [1.165, 1.54) is 4.90 Å². The Kier molecular flexibility index (Phi) is 7.26. The van der Waals surface area contributed by atoms with Crippen molar-refractivity contribution in [2.45, 2.75) is 42.9 Å². The number of benzene rings is 1. The second kappa shape index (κ2) is 9.45. The van der Waals surface area contributed by atoms with Gasteiger partial charge in [-0.05, 0) is 25.5 Å². The minimum absolute atomic E-state index is 0.137. The van der Waals surface area contributed by atoms with Crippen molar-refractivity contribution < 1.29 is 4.79 Å². The Hall–Kier alpha value is -1.69. The molecule has 126 valence electrons. The molecule has 0 bridgehead atoms. The average Bonchev–Trinajstić information content (AvgIpc) is 2.56. The molecule has 1 heterocycles. The van der Waals surface area contributed by atoms with E-state index in [1.54, 1.807) is 0 Å². The molecule has 1 aromatic carbocycles. The zero-order valence-corrected chi connectivity index (χ0v) is 14.7. The topological polar surface area (TPSA) is 65.5 Å². The summed E-state index contributed by atoms with van der Waals surface area (Å²) in [6.45, 7) is 6.48. The molecule has 2 rings (SSSR count). The van der Waals surface area contributed by atoms with Gasteiger partial charge in [0.25, 0.3) is 0 Å². The smallest absolute Gasteiger partial charge is 0.220 e. The number of rotatable bonds is 6. The first-order chi connectivity index (χ1) is 11.2. The number of guanidine groups is 1. The molecule has 23 heavy (non-hydrogen) atoms. The van der Waals surface area contributed by atoms with Crippen LogP contribution in [-0.4, -0.2) is 42.8 Å². The number of thioether (sulfide) groups is 1. The van der Waals surface area contributed by atoms with Crippen LogP contribution in [-0.2, 0) is 4.79 Å². The van der Waals surface area contributed by atoms with Crippen LogP contribution in [0.3, 0.4) is 0 Å². The molecule has 0 saturated carbocycles. The number of nitrogens with zero attached hydrogens (tertiary/aromatic N) is 1. The molecule has 0 aliphatic carbocycles. The quantitative estimate of drug-likeness (QED) is 0.423. The largest absolute Gasteiger partial charge is 0.357 e. The van der Waals surface area contributed by atoms with E-state index in [0.29, 0.717) is 18.2 Å². The summed E-state index contributed by atoms with van der Waals surface area (Å²) in [6, 6.07) is 10.6. The third kappa shape index (κ3) is 6.52. The molecule has 0 aromatic heterocycles. The van der Waals surface area contributed by atoms with Gasteiger partial charge < -0.3 is 16.0 Å². The lowest BCUT2D eigenvalue weighted by molar-refractivity contribution is -0.122. The highest BCUT2D eigenvalue weighted by Crippen LogP contribution is 2.22. The maximum atomic E-state index is 11.2. The molecule has 1 aliphatic rings. The lowest BCUT2D eigenvalue weighted by Crippen LogP contribution is -2.51. The first kappa shape index (κ1) is 17.7. The molecule has 1 aromatic rings. The van der Waals surface area contributed by atoms with Crippen LogP contribution in [0.5, 0.6) is 0 Å². The van der Waals surface area contributed by atoms with Gasteiger partial charge in [-0.15, -0.1) is 11.8 Å². The Morgan fingerprint density at radius 1 is 1.43 bits per heavy atom. The predicted molar refractivity (Wildman–Crippen MR) is 96.9 cm³/mol. The number of carbonyl (C=O) groups excluding carboxylic acids is 1. The SMILES string of the molecule is CCNC(=NCC(C)Sc1ccccc1)NC1CCC(=O)NC1. The van der Waals surface area contributed by atoms with Gasteiger partial charge >= 0.3 is 0 Å². The molecule has 1 aliphatic heterocycles. The summed E-state index contributed by atoms with van der Waals surface area (Å²) in [5, 5.41) is 9.98. The van der Waals surface area contributed by atoms with Gasteiger partial charge in [-0.25, -0.2) is 0 Å². The van der Waals surface area contributed by atoms with Crippen LogP contribution in [0.15, 0.2) is 40.2 Å². The molecule has 0 radical (unpaired) electrons. The number of piperidine rings is 1. The van der Waals surface area contributed by atoms with Gasteiger partial charge in [0, 0.05) is 35.7 Å². The Labute approximate surface area is 142 Å². The lowest BCUT2D eigenvalue weighted by Gasteiger charge is -2.25. The number of hydrogen-bond acceptors (Lipinski definition) is 3. The predicted octanol–water partition coefficient (Wildman–Crippen LogP) is 2.00. The summed E-state index contributed by atoms with van der Waals surface area (Å²) in [5.41, 5.74) is 0. The van der Waals surface area contributed by atoms with Gasteiger partial charge in [-0.2, -0.15) is 0 Å². The molecule has 2 atom stereocenters. The van der Waals surface area contributed by atoms with Crippen LogP contribution in [0.25, 0.3) is 0 Å². The number of amides is 1. The monoisotopic (exact) mass is 334 g/mol. The molecule has 0 spiro atoms. The number of hydrogen-bond donors (Lipinski definition) is 3. The van der Waals surface area contributed by atoms with E-state index in [9.17, 15) is 4.79 Å². The van der Waals surface area contributed by atoms with E-state index >= 15 is 0 Å². The molecule has 6 heteroatoms. The summed E-state index contributed by atoms with van der Waals surface area (Å²) >= 11 is 1.83. The molecule has 2 unspecified atom stereocenters. The molecule has 1 amide bonds. The minimum atomic E-state index is 0.137. The van der Waals surface area contributed by atoms with Gasteiger partial charge in [0.1, 0.15) is 0 Å². The number of nitrogens with one attached hydrogen (secondary N) is 3. The first-order valence-corrected chi connectivity index (χ1v) is 9.08. The van der Waals surface area contributed by atoms with E-state index in [0.717, 1.165) is 25.5 Å². The summed E-state index contributed by atoms with van der Waals surface area (Å²) in [6.07, 6.45) is 1.43. The van der Waals surface area contributed by atoms with E-state index in [4.69, 9.17) is 0 Å². The Bertz CT molecular complexity index is 511. The first-order valence-electron chi connectivity index (χ1n) is 8.20. The summed E-state index contributed by atoms with van der Waals surface area (Å²) in [5.74, 6) is 0.965. The van der Waals surface area contributed by atoms with E-state index in [-0.39, 0.29) is 11.9 Å². The van der Waals surface area contributed by atoms with Gasteiger partial charge in [0.15, 0.2) is 5.96 Å². The third-order valence-corrected chi connectivity index (χ3v) is 4.63. The van der Waals surface area contributed by atoms with Crippen molar-refractivity contribution in [3.8, 4) is 0 Å². The summed E-state index contributed by atoms with van der Waals surface area (Å²) < 4.78 is 0. The van der Waals surface area contributed by atoms with E-state index in [2.05, 4.69) is 59.1 Å². The molecule has 1 saturated heterocycles. The highest BCUT2D eigenvalue weighted by atomic mass is 32.2. The fraction of sp³-hybridized carbons (Fsp3) is 0.529. The van der Waals surface area contributed by atoms with Crippen LogP contribution in [0, 0.1) is 0 Å². The van der Waals surface area contributed by atoms with Crippen molar-refractivity contribution >= 4 is 23.6 Å². The van der Waals surface area contributed by atoms with Crippen LogP contribution in [0.4, 0.5) is 0 Å². The molecule has 5 nitrogen and oxygen atoms in total. The maximum Gasteiger partial charge on any atom is 0.220 e. The van der Waals surface area contributed by atoms with E-state index < -0.39 is 0 Å². The lowest BCUT2D eigenvalue weighted by atomic mass is 10.1. The standard InChI is InChI=1S/C17H26N4OS/c1-3-18-17(21-14-9-10-16(22)19-12-14)20-11-13(2)23-15-7-5-4-6-8-15/h4-8,13-14H,3,9-12H2,1-2H3,(H,19,22)(H2,18,20,21). The van der Waals surface area contributed by atoms with Crippen LogP contribution in [0.2, 0.25) is 0 Å². The van der Waals surface area contributed by atoms with Crippen LogP contribution in [0.1, 0.15) is 26.7 Å². The van der Waals surface area contributed by atoms with Crippen LogP contribution >= 0.6 is 11.8 Å². The Morgan fingerprint density at radius 2 is 2.22 bits per heavy atom. The fourth-order valence-corrected chi connectivity index (χ4v) is 3.29. The Morgan fingerprint density at radius 3 is 2.87 bits per heavy atom. The zero-order valence-electron chi connectivity index (χ0n) is 13.8. The highest BCUT2D eigenvalue weighted by molar-refractivity contribution is 8.00. The van der Waals surface area contributed by atoms with Crippen molar-refractivity contribution in [1.82, 2.24) is 16.0 Å². The Balaban J connectivity index is 1.83. The minimum Gasteiger partial charge on any atom is -0.357 e. The van der Waals surface area contributed by atoms with Crippen molar-refractivity contribution in [2.24, 2.45) is 4.99 Å². The van der Waals surface area contributed by atoms with Gasteiger partial charge in [0.05, 0.1) is 6.54 Å². The van der Waals surface area contributed by atoms with Gasteiger partial charge in [0.2, 0.25) is 5.91 Å². The number of aliphatic imine (C=N–C) groups is 1. The van der Waals surface area contributed by atoms with Gasteiger partial charge in [-0.1, -0.05) is 25.1 Å². The summed E-state index contributed by atoms with van der Waals surface area (Å²) in [4.78, 5) is 17.2. The second-order valence-corrected chi connectivity index (χ2v) is 7.16. The third-order valence-electron chi connectivity index (χ3n) is 3.54. The molecule has 1 fully saturated rings. The van der Waals surface area contributed by atoms with Crippen molar-refractivity contribution in [1.29, 1.82) is 0 Å². The van der Waals surface area contributed by atoms with E-state index in [1.807, 2.05) is 17.8 Å². The van der Waals surface area contributed by atoms with Gasteiger partial charge in [-0.3, -0.25) is 9.79 Å². The summed E-state index contributed by atoms with van der Waals surface area (Å²) in [7, 11) is 0. The second-order valence-electron chi connectivity index (χ2n) is 5.65. The van der Waals surface area contributed by atoms with Crippen molar-refractivity contribution in [2.75, 3.05) is 19.6 Å². The highest BCUT2D eigenvalue weighted by Gasteiger charge is 2.18. The van der Waals surface area contributed by atoms with Crippen molar-refractivity contribution in [3.05, 3.63) is 30.3 Å². The maximum absolute atomic E-state index is 11.2. The number of carbonyl (C=O) groups is 1. The van der Waals surface area contributed by atoms with Crippen molar-refractivity contribution in [3.63, 3.8) is 0 Å². The molecule has 3 N–H and O–H groups in total. The fourth-order valence-electron chi connectivity index (χ4n) is 2.36.